The minimum absolute atomic E-state index is 0.113. The van der Waals surface area contributed by atoms with Gasteiger partial charge in [-0.3, -0.25) is 4.68 Å². The molecule has 1 saturated heterocycles. The van der Waals surface area contributed by atoms with Gasteiger partial charge in [0.1, 0.15) is 24.9 Å². The molecule has 1 aliphatic heterocycles. The zero-order valence-corrected chi connectivity index (χ0v) is 20.8. The molecule has 0 bridgehead atoms. The van der Waals surface area contributed by atoms with E-state index in [0.717, 1.165) is 26.4 Å². The number of hydrogen-bond acceptors (Lipinski definition) is 11. The van der Waals surface area contributed by atoms with E-state index in [1.807, 2.05) is 0 Å². The Balaban J connectivity index is 1.97. The van der Waals surface area contributed by atoms with Gasteiger partial charge in [0.15, 0.2) is 23.5 Å². The van der Waals surface area contributed by atoms with E-state index in [2.05, 4.69) is 9.84 Å². The molecule has 5 atom stereocenters. The Labute approximate surface area is 210 Å². The summed E-state index contributed by atoms with van der Waals surface area (Å²) in [5.41, 5.74) is 0.982. The highest BCUT2D eigenvalue weighted by atomic mass is 19.1. The number of carbonyl (C=O) groups excluding carboxylic acids is 1. The van der Waals surface area contributed by atoms with Gasteiger partial charge in [0.05, 0.1) is 14.2 Å². The Morgan fingerprint density at radius 2 is 1.81 bits per heavy atom. The molecule has 1 aromatic carbocycles. The zero-order valence-electron chi connectivity index (χ0n) is 20.8. The number of benzene rings is 1. The van der Waals surface area contributed by atoms with Crippen molar-refractivity contribution in [3.05, 3.63) is 40.6 Å². The van der Waals surface area contributed by atoms with Gasteiger partial charge in [0.2, 0.25) is 5.88 Å². The lowest BCUT2D eigenvalue weighted by atomic mass is 9.97. The van der Waals surface area contributed by atoms with Crippen molar-refractivity contribution in [1.29, 1.82) is 0 Å². The monoisotopic (exact) mass is 532 g/mol. The number of nitrogens with zero attached hydrogens (tertiary/aromatic N) is 2. The molecular formula is C23H30F2N2O10. The van der Waals surface area contributed by atoms with Crippen LogP contribution in [0.4, 0.5) is 13.6 Å². The minimum atomic E-state index is -2.96. The lowest BCUT2D eigenvalue weighted by Gasteiger charge is -2.44. The third-order valence-electron chi connectivity index (χ3n) is 5.89. The standard InChI is InChI=1S/C23H30F2N2O10/c1-10(2)27-11(3)13(6-12-7-14(24)19(33-4)15(25)8-12)21(26-27)37-23(32)20(30)18(29)17(28)16(36-23)9-35-22(31)34-5/h7-8,10,16-18,20,28-30,32H,6,9H2,1-5H3/t16-,17-,18+,20-,23+/m1/s1. The molecule has 3 rings (SSSR count). The summed E-state index contributed by atoms with van der Waals surface area (Å²) in [7, 11) is 2.18. The number of methoxy groups -OCH3 is 2. The average molecular weight is 532 g/mol. The van der Waals surface area contributed by atoms with Gasteiger partial charge >= 0.3 is 12.1 Å². The maximum atomic E-state index is 14.3. The first kappa shape index (κ1) is 28.5. The number of rotatable bonds is 8. The number of aromatic nitrogens is 2. The van der Waals surface area contributed by atoms with E-state index in [-0.39, 0.29) is 29.5 Å². The highest BCUT2D eigenvalue weighted by molar-refractivity contribution is 5.59. The van der Waals surface area contributed by atoms with Gasteiger partial charge in [0.25, 0.3) is 0 Å². The van der Waals surface area contributed by atoms with Crippen LogP contribution < -0.4 is 9.47 Å². The van der Waals surface area contributed by atoms with Crippen LogP contribution in [0.5, 0.6) is 11.6 Å². The van der Waals surface area contributed by atoms with Crippen molar-refractivity contribution in [2.75, 3.05) is 20.8 Å². The van der Waals surface area contributed by atoms with Crippen LogP contribution in [-0.4, -0.2) is 87.6 Å². The predicted molar refractivity (Wildman–Crippen MR) is 120 cm³/mol. The maximum Gasteiger partial charge on any atom is 0.508 e. The minimum Gasteiger partial charge on any atom is -0.491 e. The van der Waals surface area contributed by atoms with Crippen LogP contribution in [0.3, 0.4) is 0 Å². The normalized spacial score (nSPS) is 25.7. The van der Waals surface area contributed by atoms with Gasteiger partial charge in [-0.1, -0.05) is 0 Å². The van der Waals surface area contributed by atoms with Crippen molar-refractivity contribution in [2.24, 2.45) is 0 Å². The fraction of sp³-hybridized carbons (Fsp3) is 0.565. The van der Waals surface area contributed by atoms with E-state index in [1.165, 1.54) is 4.68 Å². The Bertz CT molecular complexity index is 1100. The van der Waals surface area contributed by atoms with E-state index in [4.69, 9.17) is 18.9 Å². The summed E-state index contributed by atoms with van der Waals surface area (Å²) >= 11 is 0. The van der Waals surface area contributed by atoms with Gasteiger partial charge in [-0.05, 0) is 38.5 Å². The number of ether oxygens (including phenoxy) is 5. The third kappa shape index (κ3) is 5.78. The van der Waals surface area contributed by atoms with Gasteiger partial charge in [0, 0.05) is 23.7 Å². The van der Waals surface area contributed by atoms with E-state index in [1.54, 1.807) is 20.8 Å². The first-order valence-electron chi connectivity index (χ1n) is 11.3. The Hall–Kier alpha value is -3.04. The number of halogens is 2. The Morgan fingerprint density at radius 1 is 1.19 bits per heavy atom. The molecule has 0 amide bonds. The van der Waals surface area contributed by atoms with Gasteiger partial charge < -0.3 is 44.1 Å². The first-order valence-corrected chi connectivity index (χ1v) is 11.3. The summed E-state index contributed by atoms with van der Waals surface area (Å²) in [4.78, 5) is 11.3. The van der Waals surface area contributed by atoms with Gasteiger partial charge in [-0.15, -0.1) is 5.10 Å². The molecule has 12 nitrogen and oxygen atoms in total. The molecule has 0 radical (unpaired) electrons. The van der Waals surface area contributed by atoms with Crippen LogP contribution in [0.25, 0.3) is 0 Å². The van der Waals surface area contributed by atoms with Crippen LogP contribution in [-0.2, 0) is 20.6 Å². The predicted octanol–water partition coefficient (Wildman–Crippen LogP) is 0.939. The number of aliphatic hydroxyl groups is 4. The second-order valence-electron chi connectivity index (χ2n) is 8.76. The Kier molecular flexibility index (Phi) is 8.59. The largest absolute Gasteiger partial charge is 0.508 e. The average Bonchev–Trinajstić information content (AvgIpc) is 3.13. The molecule has 1 aromatic heterocycles. The fourth-order valence-corrected chi connectivity index (χ4v) is 3.97. The zero-order chi connectivity index (χ0) is 27.7. The molecule has 14 heteroatoms. The van der Waals surface area contributed by atoms with Crippen molar-refractivity contribution < 1.29 is 57.7 Å². The lowest BCUT2D eigenvalue weighted by molar-refractivity contribution is -0.423. The molecule has 4 N–H and O–H groups in total. The number of aliphatic hydroxyl groups excluding tert-OH is 3. The van der Waals surface area contributed by atoms with E-state index >= 15 is 0 Å². The smallest absolute Gasteiger partial charge is 0.491 e. The number of carbonyl (C=O) groups is 1. The molecule has 1 fully saturated rings. The molecular weight excluding hydrogens is 502 g/mol. The van der Waals surface area contributed by atoms with Gasteiger partial charge in [-0.25, -0.2) is 13.6 Å². The van der Waals surface area contributed by atoms with Crippen LogP contribution in [0.1, 0.15) is 36.7 Å². The fourth-order valence-electron chi connectivity index (χ4n) is 3.97. The molecule has 0 aliphatic carbocycles. The topological polar surface area (TPSA) is 162 Å². The second-order valence-corrected chi connectivity index (χ2v) is 8.76. The van der Waals surface area contributed by atoms with Crippen LogP contribution >= 0.6 is 0 Å². The Morgan fingerprint density at radius 3 is 2.35 bits per heavy atom. The van der Waals surface area contributed by atoms with E-state index in [9.17, 15) is 34.0 Å². The molecule has 206 valence electrons. The summed E-state index contributed by atoms with van der Waals surface area (Å²) in [6.45, 7) is 4.61. The molecule has 0 spiro atoms. The molecule has 0 unspecified atom stereocenters. The molecule has 37 heavy (non-hydrogen) atoms. The van der Waals surface area contributed by atoms with Gasteiger partial charge in [-0.2, -0.15) is 0 Å². The lowest BCUT2D eigenvalue weighted by Crippen LogP contribution is -2.67. The molecule has 2 heterocycles. The number of hydrogen-bond donors (Lipinski definition) is 4. The maximum absolute atomic E-state index is 14.3. The van der Waals surface area contributed by atoms with E-state index in [0.29, 0.717) is 5.69 Å². The SMILES string of the molecule is COC(=O)OC[C@H]1O[C@](O)(Oc2nn(C(C)C)c(C)c2Cc2cc(F)c(OC)c(F)c2)[C@H](O)[C@@H](O)[C@@H]1O. The van der Waals surface area contributed by atoms with Crippen LogP contribution in [0.2, 0.25) is 0 Å². The third-order valence-corrected chi connectivity index (χ3v) is 5.89. The summed E-state index contributed by atoms with van der Waals surface area (Å²) < 4.78 is 54.8. The van der Waals surface area contributed by atoms with Crippen molar-refractivity contribution in [1.82, 2.24) is 9.78 Å². The molecule has 0 saturated carbocycles. The van der Waals surface area contributed by atoms with E-state index < -0.39 is 60.5 Å². The molecule has 1 aliphatic rings. The quantitative estimate of drug-likeness (QED) is 0.283. The van der Waals surface area contributed by atoms with Crippen LogP contribution in [0.15, 0.2) is 12.1 Å². The summed E-state index contributed by atoms with van der Waals surface area (Å²) in [6, 6.07) is 1.93. The summed E-state index contributed by atoms with van der Waals surface area (Å²) in [6.07, 6.45) is -8.71. The summed E-state index contributed by atoms with van der Waals surface area (Å²) in [5.74, 6) is -5.64. The van der Waals surface area contributed by atoms with Crippen molar-refractivity contribution in [3.8, 4) is 11.6 Å². The summed E-state index contributed by atoms with van der Waals surface area (Å²) in [5, 5.41) is 46.3. The molecule has 2 aromatic rings. The van der Waals surface area contributed by atoms with Crippen LogP contribution in [0, 0.1) is 18.6 Å². The second kappa shape index (κ2) is 11.1. The highest BCUT2D eigenvalue weighted by Crippen LogP contribution is 2.35. The van der Waals surface area contributed by atoms with Crippen molar-refractivity contribution in [3.63, 3.8) is 0 Å². The first-order chi connectivity index (χ1) is 17.3. The van der Waals surface area contributed by atoms with Crippen molar-refractivity contribution >= 4 is 6.16 Å². The van der Waals surface area contributed by atoms with Crippen molar-refractivity contribution in [2.45, 2.75) is 63.6 Å². The highest BCUT2D eigenvalue weighted by Gasteiger charge is 2.56.